The van der Waals surface area contributed by atoms with Gasteiger partial charge in [0.2, 0.25) is 0 Å². The third kappa shape index (κ3) is 4.87. The zero-order valence-electron chi connectivity index (χ0n) is 20.6. The molecule has 4 aromatic rings. The summed E-state index contributed by atoms with van der Waals surface area (Å²) in [6.45, 7) is 9.33. The van der Waals surface area contributed by atoms with Crippen molar-refractivity contribution in [2.75, 3.05) is 26.8 Å². The summed E-state index contributed by atoms with van der Waals surface area (Å²) in [7, 11) is 0. The number of halogens is 2. The predicted molar refractivity (Wildman–Crippen MR) is 158 cm³/mol. The van der Waals surface area contributed by atoms with Crippen LogP contribution >= 0.6 is 31.4 Å². The van der Waals surface area contributed by atoms with Crippen LogP contribution in [0.3, 0.4) is 0 Å². The Balaban J connectivity index is 1.65. The van der Waals surface area contributed by atoms with E-state index in [9.17, 15) is 9.90 Å². The van der Waals surface area contributed by atoms with E-state index >= 15 is 4.39 Å². The van der Waals surface area contributed by atoms with Crippen molar-refractivity contribution in [1.29, 1.82) is 0 Å². The summed E-state index contributed by atoms with van der Waals surface area (Å²) >= 11 is -0.0891. The number of carbonyl (C=O) groups is 1. The molecular weight excluding hydrogens is 586 g/mol. The maximum atomic E-state index is 16.4. The molecule has 36 heavy (non-hydrogen) atoms. The van der Waals surface area contributed by atoms with Crippen molar-refractivity contribution in [2.24, 2.45) is 5.92 Å². The predicted octanol–water partition coefficient (Wildman–Crippen LogP) is 7.65. The number of phenolic OH excluding ortho intramolecular Hbond substituents is 1. The average molecular weight is 617 g/mol. The molecule has 1 N–H and O–H groups in total. The summed E-state index contributed by atoms with van der Waals surface area (Å²) in [5, 5.41) is 14.2. The van der Waals surface area contributed by atoms with Crippen molar-refractivity contribution in [3.8, 4) is 16.9 Å². The van der Waals surface area contributed by atoms with Gasteiger partial charge in [-0.3, -0.25) is 0 Å². The van der Waals surface area contributed by atoms with Crippen molar-refractivity contribution in [3.05, 3.63) is 64.5 Å². The third-order valence-corrected chi connectivity index (χ3v) is 12.1. The number of hydrogen-bond donors (Lipinski definition) is 1. The van der Waals surface area contributed by atoms with Gasteiger partial charge in [0, 0.05) is 0 Å². The van der Waals surface area contributed by atoms with Crippen LogP contribution in [0.2, 0.25) is 0 Å². The SMILES string of the molecule is C=CC(=O)CC(C)CN(CCC)c1snc2c(F)c(-c3cc(O)cc4ccccc34)c(I3CC3)cc12. The molecule has 1 atom stereocenters. The zero-order valence-corrected chi connectivity index (χ0v) is 23.5. The van der Waals surface area contributed by atoms with E-state index in [0.717, 1.165) is 43.3 Å². The number of fused-ring (bicyclic) bond motifs is 2. The number of hydrogen-bond acceptors (Lipinski definition) is 5. The van der Waals surface area contributed by atoms with Crippen molar-refractivity contribution >= 4 is 63.8 Å². The first-order valence-corrected chi connectivity index (χ1v) is 17.2. The second-order valence-electron chi connectivity index (χ2n) is 9.41. The van der Waals surface area contributed by atoms with Gasteiger partial charge in [0.25, 0.3) is 0 Å². The number of allylic oxidation sites excluding steroid dienone is 1. The van der Waals surface area contributed by atoms with Crippen LogP contribution in [0.25, 0.3) is 32.8 Å². The Bertz CT molecular complexity index is 1460. The minimum absolute atomic E-state index is 0.0462. The fraction of sp³-hybridized carbons (Fsp3) is 0.310. The third-order valence-electron chi connectivity index (χ3n) is 6.52. The number of nitrogens with zero attached hydrogens (tertiary/aromatic N) is 2. The second kappa shape index (κ2) is 10.5. The minimum atomic E-state index is -1.43. The van der Waals surface area contributed by atoms with Crippen LogP contribution in [-0.4, -0.2) is 37.2 Å². The average Bonchev–Trinajstić information content (AvgIpc) is 3.62. The number of anilines is 1. The Morgan fingerprint density at radius 1 is 1.28 bits per heavy atom. The molecule has 5 rings (SSSR count). The van der Waals surface area contributed by atoms with Gasteiger partial charge in [0.1, 0.15) is 0 Å². The zero-order chi connectivity index (χ0) is 25.4. The molecule has 3 aromatic carbocycles. The van der Waals surface area contributed by atoms with E-state index in [1.165, 1.54) is 26.5 Å². The van der Waals surface area contributed by atoms with Crippen molar-refractivity contribution in [1.82, 2.24) is 4.37 Å². The van der Waals surface area contributed by atoms with Gasteiger partial charge >= 0.3 is 223 Å². The van der Waals surface area contributed by atoms with Gasteiger partial charge < -0.3 is 0 Å². The van der Waals surface area contributed by atoms with Crippen molar-refractivity contribution in [2.45, 2.75) is 26.7 Å². The Morgan fingerprint density at radius 3 is 2.78 bits per heavy atom. The normalized spacial score (nSPS) is 14.8. The van der Waals surface area contributed by atoms with Crippen LogP contribution in [0.5, 0.6) is 5.75 Å². The van der Waals surface area contributed by atoms with Crippen molar-refractivity contribution < 1.29 is 14.3 Å². The molecule has 1 fully saturated rings. The molecule has 2 heterocycles. The van der Waals surface area contributed by atoms with Gasteiger partial charge in [-0.25, -0.2) is 0 Å². The molecule has 0 spiro atoms. The summed E-state index contributed by atoms with van der Waals surface area (Å²) in [6.07, 6.45) is 2.78. The number of alkyl halides is 2. The Morgan fingerprint density at radius 2 is 2.06 bits per heavy atom. The number of phenols is 1. The molecule has 188 valence electrons. The molecular formula is C29H30FIN2O2S. The molecule has 0 amide bonds. The van der Waals surface area contributed by atoms with E-state index in [4.69, 9.17) is 0 Å². The summed E-state index contributed by atoms with van der Waals surface area (Å²) in [4.78, 5) is 14.2. The Kier molecular flexibility index (Phi) is 7.30. The van der Waals surface area contributed by atoms with E-state index in [1.807, 2.05) is 24.3 Å². The van der Waals surface area contributed by atoms with E-state index < -0.39 is 19.8 Å². The van der Waals surface area contributed by atoms with Gasteiger partial charge in [0.15, 0.2) is 0 Å². The van der Waals surface area contributed by atoms with Crippen LogP contribution in [0.1, 0.15) is 26.7 Å². The number of benzene rings is 3. The van der Waals surface area contributed by atoms with Crippen molar-refractivity contribution in [3.63, 3.8) is 0 Å². The number of aromatic hydroxyl groups is 1. The number of aromatic nitrogens is 1. The fourth-order valence-corrected chi connectivity index (χ4v) is 10.5. The topological polar surface area (TPSA) is 53.4 Å². The van der Waals surface area contributed by atoms with Gasteiger partial charge in [-0.2, -0.15) is 0 Å². The first-order chi connectivity index (χ1) is 17.4. The monoisotopic (exact) mass is 616 g/mol. The van der Waals surface area contributed by atoms with Crippen LogP contribution < -0.4 is 4.90 Å². The van der Waals surface area contributed by atoms with Gasteiger partial charge in [-0.15, -0.1) is 0 Å². The summed E-state index contributed by atoms with van der Waals surface area (Å²) in [6, 6.07) is 13.5. The van der Waals surface area contributed by atoms with E-state index in [2.05, 4.69) is 35.8 Å². The molecule has 0 aliphatic carbocycles. The van der Waals surface area contributed by atoms with Gasteiger partial charge in [0.05, 0.1) is 0 Å². The van der Waals surface area contributed by atoms with Crippen LogP contribution in [0, 0.1) is 15.3 Å². The summed E-state index contributed by atoms with van der Waals surface area (Å²) in [5.74, 6) is 0.0616. The quantitative estimate of drug-likeness (QED) is 0.113. The summed E-state index contributed by atoms with van der Waals surface area (Å²) < 4.78 is 24.5. The number of carbonyl (C=O) groups excluding carboxylic acids is 1. The fourth-order valence-electron chi connectivity index (χ4n) is 4.84. The first-order valence-electron chi connectivity index (χ1n) is 12.3. The molecule has 0 radical (unpaired) electrons. The molecule has 4 nitrogen and oxygen atoms in total. The molecule has 1 aromatic heterocycles. The molecule has 1 aliphatic rings. The van der Waals surface area contributed by atoms with E-state index in [0.29, 0.717) is 24.0 Å². The first kappa shape index (κ1) is 25.1. The second-order valence-corrected chi connectivity index (χ2v) is 16.1. The maximum absolute atomic E-state index is 16.4. The summed E-state index contributed by atoms with van der Waals surface area (Å²) in [5.41, 5.74) is 1.77. The molecule has 1 unspecified atom stereocenters. The van der Waals surface area contributed by atoms with E-state index in [1.54, 1.807) is 12.1 Å². The molecule has 7 heteroatoms. The molecule has 0 saturated carbocycles. The van der Waals surface area contributed by atoms with Gasteiger partial charge in [-0.05, 0) is 0 Å². The Labute approximate surface area is 222 Å². The Hall–Kier alpha value is -2.52. The molecule has 1 aliphatic heterocycles. The van der Waals surface area contributed by atoms with E-state index in [-0.39, 0.29) is 23.3 Å². The van der Waals surface area contributed by atoms with Crippen LogP contribution in [0.15, 0.2) is 55.1 Å². The number of rotatable bonds is 10. The standard InChI is InChI=1S/C29H30FIN2O2S/c1-4-12-33(17-18(3)13-20(34)5-2)29-24-16-25(31-10-11-31)26(27(30)28(24)32-36-29)23-15-21(35)14-19-8-6-7-9-22(19)23/h5-9,14-16,18,35H,2,4,10-13,17H2,1,3H3. The van der Waals surface area contributed by atoms with Crippen LogP contribution in [-0.2, 0) is 4.79 Å². The molecule has 1 saturated heterocycles. The van der Waals surface area contributed by atoms with Gasteiger partial charge in [-0.1, -0.05) is 0 Å². The number of ketones is 1. The van der Waals surface area contributed by atoms with Crippen LogP contribution in [0.4, 0.5) is 9.39 Å². The molecule has 0 bridgehead atoms.